The highest BCUT2D eigenvalue weighted by Gasteiger charge is 2.24. The maximum Gasteiger partial charge on any atom is 0.270 e. The van der Waals surface area contributed by atoms with E-state index in [0.29, 0.717) is 10.9 Å². The number of rotatable bonds is 7. The number of benzene rings is 3. The molecule has 0 aliphatic carbocycles. The number of hydrogen-bond donors (Lipinski definition) is 2. The Morgan fingerprint density at radius 1 is 1.06 bits per heavy atom. The van der Waals surface area contributed by atoms with E-state index in [2.05, 4.69) is 15.0 Å². The molecule has 34 heavy (non-hydrogen) atoms. The molecule has 0 amide bonds. The first-order valence-corrected chi connectivity index (χ1v) is 11.3. The number of aryl methyl sites for hydroxylation is 1. The van der Waals surface area contributed by atoms with Gasteiger partial charge in [-0.3, -0.25) is 14.8 Å². The van der Waals surface area contributed by atoms with Gasteiger partial charge in [-0.05, 0) is 24.3 Å². The van der Waals surface area contributed by atoms with Crippen LogP contribution in [-0.2, 0) is 17.1 Å². The Hall–Kier alpha value is -4.45. The van der Waals surface area contributed by atoms with Gasteiger partial charge in [0.05, 0.1) is 23.2 Å². The van der Waals surface area contributed by atoms with Crippen molar-refractivity contribution >= 4 is 43.7 Å². The molecule has 12 heteroatoms. The fourth-order valence-corrected chi connectivity index (χ4v) is 4.63. The first-order chi connectivity index (χ1) is 16.2. The number of nitro groups is 1. The van der Waals surface area contributed by atoms with Gasteiger partial charge in [0.1, 0.15) is 16.3 Å². The number of nitro benzene ring substituents is 1. The summed E-state index contributed by atoms with van der Waals surface area (Å²) in [5.74, 6) is 0.101. The van der Waals surface area contributed by atoms with Crippen molar-refractivity contribution in [2.24, 2.45) is 17.3 Å². The van der Waals surface area contributed by atoms with Gasteiger partial charge in [-0.1, -0.05) is 30.3 Å². The van der Waals surface area contributed by atoms with E-state index in [9.17, 15) is 23.6 Å². The molecular weight excluding hydrogens is 462 g/mol. The Labute approximate surface area is 194 Å². The van der Waals surface area contributed by atoms with Crippen molar-refractivity contribution in [2.45, 2.75) is 4.90 Å². The smallest absolute Gasteiger partial charge is 0.270 e. The van der Waals surface area contributed by atoms with Crippen LogP contribution in [0, 0.1) is 10.1 Å². The Bertz CT molecular complexity index is 1540. The third kappa shape index (κ3) is 4.13. The van der Waals surface area contributed by atoms with E-state index in [1.165, 1.54) is 23.8 Å². The number of nitrogens with zero attached hydrogens (tertiary/aromatic N) is 4. The minimum atomic E-state index is -4.34. The van der Waals surface area contributed by atoms with Gasteiger partial charge in [0.15, 0.2) is 5.69 Å². The van der Waals surface area contributed by atoms with Crippen molar-refractivity contribution in [1.29, 1.82) is 0 Å². The molecule has 0 aliphatic rings. The summed E-state index contributed by atoms with van der Waals surface area (Å²) in [5.41, 5.74) is 0.389. The molecule has 0 saturated carbocycles. The molecular formula is C22H19N5O6S. The maximum absolute atomic E-state index is 13.2. The molecule has 11 nitrogen and oxygen atoms in total. The van der Waals surface area contributed by atoms with Crippen molar-refractivity contribution < 1.29 is 23.2 Å². The summed E-state index contributed by atoms with van der Waals surface area (Å²) < 4.78 is 35.5. The van der Waals surface area contributed by atoms with Crippen molar-refractivity contribution in [3.05, 3.63) is 76.8 Å². The lowest BCUT2D eigenvalue weighted by Crippen LogP contribution is -2.14. The summed E-state index contributed by atoms with van der Waals surface area (Å²) >= 11 is 0. The van der Waals surface area contributed by atoms with E-state index in [1.807, 2.05) is 0 Å². The van der Waals surface area contributed by atoms with Crippen LogP contribution in [-0.4, -0.2) is 30.1 Å². The van der Waals surface area contributed by atoms with E-state index in [0.717, 1.165) is 12.1 Å². The summed E-state index contributed by atoms with van der Waals surface area (Å²) in [7, 11) is -1.31. The third-order valence-corrected chi connectivity index (χ3v) is 6.50. The first-order valence-electron chi connectivity index (χ1n) is 9.85. The van der Waals surface area contributed by atoms with Crippen molar-refractivity contribution in [2.75, 3.05) is 11.8 Å². The molecule has 1 heterocycles. The number of non-ortho nitro benzene ring substituents is 1. The zero-order valence-electron chi connectivity index (χ0n) is 18.0. The zero-order chi connectivity index (χ0) is 24.5. The molecule has 1 aromatic heterocycles. The van der Waals surface area contributed by atoms with Crippen LogP contribution in [0.25, 0.3) is 10.9 Å². The van der Waals surface area contributed by atoms with Crippen LogP contribution in [0.1, 0.15) is 0 Å². The number of anilines is 1. The van der Waals surface area contributed by atoms with Crippen LogP contribution in [0.5, 0.6) is 11.6 Å². The highest BCUT2D eigenvalue weighted by molar-refractivity contribution is 7.92. The zero-order valence-corrected chi connectivity index (χ0v) is 18.9. The monoisotopic (exact) mass is 481 g/mol. The molecule has 0 spiro atoms. The van der Waals surface area contributed by atoms with Crippen LogP contribution < -0.4 is 9.46 Å². The number of azo groups is 1. The molecule has 4 rings (SSSR count). The minimum Gasteiger partial charge on any atom is -0.495 e. The molecule has 0 atom stereocenters. The molecule has 0 aliphatic heterocycles. The van der Waals surface area contributed by atoms with Gasteiger partial charge in [0.2, 0.25) is 5.88 Å². The van der Waals surface area contributed by atoms with Gasteiger partial charge >= 0.3 is 0 Å². The van der Waals surface area contributed by atoms with Crippen LogP contribution in [0.2, 0.25) is 0 Å². The van der Waals surface area contributed by atoms with E-state index in [1.54, 1.807) is 49.5 Å². The van der Waals surface area contributed by atoms with E-state index < -0.39 is 25.5 Å². The highest BCUT2D eigenvalue weighted by atomic mass is 32.2. The lowest BCUT2D eigenvalue weighted by Gasteiger charge is -2.12. The lowest BCUT2D eigenvalue weighted by molar-refractivity contribution is -0.385. The quantitative estimate of drug-likeness (QED) is 0.215. The second-order valence-corrected chi connectivity index (χ2v) is 8.81. The predicted molar refractivity (Wildman–Crippen MR) is 126 cm³/mol. The number of hydrogen-bond acceptors (Lipinski definition) is 8. The predicted octanol–water partition coefficient (Wildman–Crippen LogP) is 5.02. The molecule has 0 radical (unpaired) electrons. The molecule has 3 aromatic carbocycles. The second kappa shape index (κ2) is 8.83. The first kappa shape index (κ1) is 22.7. The van der Waals surface area contributed by atoms with Gasteiger partial charge < -0.3 is 14.4 Å². The van der Waals surface area contributed by atoms with Crippen LogP contribution in [0.15, 0.2) is 81.9 Å². The van der Waals surface area contributed by atoms with Crippen LogP contribution in [0.3, 0.4) is 0 Å². The number of para-hydroxylation sites is 3. The van der Waals surface area contributed by atoms with Crippen molar-refractivity contribution in [3.8, 4) is 11.6 Å². The standard InChI is InChI=1S/C22H19N5O6S/c1-26-18-9-5-3-7-15(18)21(22(26)28)24-23-17-12-11-14(27(29)30)13-20(17)34(31,32)25-16-8-4-6-10-19(16)33-2/h3-13,25,28H,1-2H3. The molecule has 0 saturated heterocycles. The Kier molecular flexibility index (Phi) is 5.90. The summed E-state index contributed by atoms with van der Waals surface area (Å²) in [6.45, 7) is 0. The molecule has 0 bridgehead atoms. The summed E-state index contributed by atoms with van der Waals surface area (Å²) in [4.78, 5) is 10.1. The van der Waals surface area contributed by atoms with Gasteiger partial charge in [-0.2, -0.15) is 0 Å². The van der Waals surface area contributed by atoms with Gasteiger partial charge in [-0.25, -0.2) is 8.42 Å². The van der Waals surface area contributed by atoms with E-state index in [-0.39, 0.29) is 28.7 Å². The summed E-state index contributed by atoms with van der Waals surface area (Å²) in [6.07, 6.45) is 0. The third-order valence-electron chi connectivity index (χ3n) is 5.10. The summed E-state index contributed by atoms with van der Waals surface area (Å²) in [6, 6.07) is 16.6. The van der Waals surface area contributed by atoms with Crippen LogP contribution in [0.4, 0.5) is 22.7 Å². The molecule has 0 unspecified atom stereocenters. The van der Waals surface area contributed by atoms with Crippen molar-refractivity contribution in [1.82, 2.24) is 4.57 Å². The molecule has 4 aromatic rings. The Morgan fingerprint density at radius 2 is 1.76 bits per heavy atom. The average molecular weight is 481 g/mol. The number of aromatic hydroxyl groups is 1. The van der Waals surface area contributed by atoms with Gasteiger partial charge in [0.25, 0.3) is 15.7 Å². The van der Waals surface area contributed by atoms with Gasteiger partial charge in [-0.15, -0.1) is 10.2 Å². The number of fused-ring (bicyclic) bond motifs is 1. The average Bonchev–Trinajstić information content (AvgIpc) is 3.07. The number of sulfonamides is 1. The topological polar surface area (TPSA) is 148 Å². The lowest BCUT2D eigenvalue weighted by atomic mass is 10.2. The number of ether oxygens (including phenoxy) is 1. The Morgan fingerprint density at radius 3 is 2.50 bits per heavy atom. The SMILES string of the molecule is COc1ccccc1NS(=O)(=O)c1cc([N+](=O)[O-])ccc1N=Nc1c(O)n(C)c2ccccc12. The number of aromatic nitrogens is 1. The van der Waals surface area contributed by atoms with Crippen LogP contribution >= 0.6 is 0 Å². The summed E-state index contributed by atoms with van der Waals surface area (Å²) in [5, 5.41) is 30.5. The molecule has 174 valence electrons. The van der Waals surface area contributed by atoms with E-state index >= 15 is 0 Å². The molecule has 2 N–H and O–H groups in total. The highest BCUT2D eigenvalue weighted by Crippen LogP contribution is 2.40. The number of methoxy groups -OCH3 is 1. The Balaban J connectivity index is 1.82. The van der Waals surface area contributed by atoms with E-state index in [4.69, 9.17) is 4.74 Å². The van der Waals surface area contributed by atoms with Gasteiger partial charge in [0, 0.05) is 24.6 Å². The molecule has 0 fully saturated rings. The number of nitrogens with one attached hydrogen (secondary N) is 1. The largest absolute Gasteiger partial charge is 0.495 e. The fraction of sp³-hybridized carbons (Fsp3) is 0.0909. The normalized spacial score (nSPS) is 11.7. The van der Waals surface area contributed by atoms with Crippen molar-refractivity contribution in [3.63, 3.8) is 0 Å². The minimum absolute atomic E-state index is 0.137. The maximum atomic E-state index is 13.2. The fourth-order valence-electron chi connectivity index (χ4n) is 3.41. The second-order valence-electron chi connectivity index (χ2n) is 7.16.